The van der Waals surface area contributed by atoms with E-state index in [0.717, 1.165) is 26.4 Å². The van der Waals surface area contributed by atoms with E-state index >= 15 is 0 Å². The number of benzene rings is 2. The minimum Gasteiger partial charge on any atom is -0.423 e. The average Bonchev–Trinajstić information content (AvgIpc) is 3.33. The molecule has 0 aliphatic rings. The van der Waals surface area contributed by atoms with E-state index in [1.165, 1.54) is 0 Å². The fourth-order valence-electron chi connectivity index (χ4n) is 2.76. The van der Waals surface area contributed by atoms with Gasteiger partial charge in [-0.05, 0) is 23.3 Å². The van der Waals surface area contributed by atoms with Crippen LogP contribution in [0.5, 0.6) is 0 Å². The lowest BCUT2D eigenvalue weighted by molar-refractivity contribution is 0.449. The number of fused-ring (bicyclic) bond motifs is 1. The first-order valence-corrected chi connectivity index (χ1v) is 11.3. The van der Waals surface area contributed by atoms with Crippen LogP contribution in [-0.2, 0) is 23.0 Å². The molecule has 0 atom stereocenters. The molecule has 0 aliphatic carbocycles. The number of alkyl halides is 1. The predicted molar refractivity (Wildman–Crippen MR) is 109 cm³/mol. The van der Waals surface area contributed by atoms with E-state index in [0.29, 0.717) is 12.3 Å². The summed E-state index contributed by atoms with van der Waals surface area (Å²) in [5, 5.41) is 8.58. The van der Waals surface area contributed by atoms with Crippen molar-refractivity contribution in [2.24, 2.45) is 0 Å². The highest BCUT2D eigenvalue weighted by molar-refractivity contribution is 7.89. The summed E-state index contributed by atoms with van der Waals surface area (Å²) >= 11 is 1.54. The second kappa shape index (κ2) is 8.36. The highest BCUT2D eigenvalue weighted by Gasteiger charge is 2.14. The van der Waals surface area contributed by atoms with Gasteiger partial charge < -0.3 is 4.42 Å². The lowest BCUT2D eigenvalue weighted by atomic mass is 10.1. The van der Waals surface area contributed by atoms with E-state index in [1.807, 2.05) is 30.3 Å². The largest absolute Gasteiger partial charge is 0.423 e. The van der Waals surface area contributed by atoms with Crippen LogP contribution in [0.1, 0.15) is 16.8 Å². The number of halogens is 1. The van der Waals surface area contributed by atoms with Crippen LogP contribution < -0.4 is 4.72 Å². The van der Waals surface area contributed by atoms with Crippen LogP contribution in [0.4, 0.5) is 4.39 Å². The number of thiazole rings is 1. The Balaban J connectivity index is 1.46. The Morgan fingerprint density at radius 3 is 2.62 bits per heavy atom. The standard InChI is InChI=1S/C19H17FN4O3S2/c20-8-9-29(25,26)21-12-18-24-23-17(27-18)11-19-22-15-7-6-14(10-16(15)28-19)13-4-2-1-3-5-13/h1-7,10,21H,8-9,11-12H2. The maximum Gasteiger partial charge on any atom is 0.231 e. The minimum absolute atomic E-state index is 0.120. The number of rotatable bonds is 8. The summed E-state index contributed by atoms with van der Waals surface area (Å²) in [4.78, 5) is 4.60. The van der Waals surface area contributed by atoms with Crippen molar-refractivity contribution >= 4 is 31.6 Å². The highest BCUT2D eigenvalue weighted by Crippen LogP contribution is 2.29. The van der Waals surface area contributed by atoms with E-state index in [2.05, 4.69) is 38.1 Å². The van der Waals surface area contributed by atoms with Crippen molar-refractivity contribution in [3.63, 3.8) is 0 Å². The molecule has 2 heterocycles. The molecule has 0 fully saturated rings. The van der Waals surface area contributed by atoms with Crippen LogP contribution in [0.3, 0.4) is 0 Å². The molecule has 2 aromatic carbocycles. The SMILES string of the molecule is O=S(=O)(CCF)NCc1nnc(Cc2nc3ccc(-c4ccccc4)cc3s2)o1. The summed E-state index contributed by atoms with van der Waals surface area (Å²) in [6.07, 6.45) is 0.351. The number of nitrogens with zero attached hydrogens (tertiary/aromatic N) is 3. The zero-order valence-corrected chi connectivity index (χ0v) is 16.8. The maximum atomic E-state index is 12.2. The smallest absolute Gasteiger partial charge is 0.231 e. The summed E-state index contributed by atoms with van der Waals surface area (Å²) in [6.45, 7) is -1.12. The molecule has 150 valence electrons. The number of sulfonamides is 1. The topological polar surface area (TPSA) is 98.0 Å². The van der Waals surface area contributed by atoms with Crippen molar-refractivity contribution < 1.29 is 17.2 Å². The Hall–Kier alpha value is -2.69. The molecule has 0 radical (unpaired) electrons. The molecule has 29 heavy (non-hydrogen) atoms. The molecule has 0 spiro atoms. The minimum atomic E-state index is -3.69. The lowest BCUT2D eigenvalue weighted by Crippen LogP contribution is -2.26. The van der Waals surface area contributed by atoms with Crippen molar-refractivity contribution in [3.05, 3.63) is 65.3 Å². The number of hydrogen-bond acceptors (Lipinski definition) is 7. The van der Waals surface area contributed by atoms with Crippen LogP contribution in [0, 0.1) is 0 Å². The third kappa shape index (κ3) is 4.84. The van der Waals surface area contributed by atoms with Crippen LogP contribution in [-0.4, -0.2) is 36.0 Å². The average molecular weight is 433 g/mol. The molecule has 0 saturated heterocycles. The highest BCUT2D eigenvalue weighted by atomic mass is 32.2. The van der Waals surface area contributed by atoms with Gasteiger partial charge in [0, 0.05) is 0 Å². The van der Waals surface area contributed by atoms with Gasteiger partial charge in [-0.3, -0.25) is 0 Å². The van der Waals surface area contributed by atoms with Gasteiger partial charge in [-0.15, -0.1) is 21.5 Å². The Morgan fingerprint density at radius 1 is 1.03 bits per heavy atom. The first-order chi connectivity index (χ1) is 14.0. The molecule has 0 aliphatic heterocycles. The summed E-state index contributed by atoms with van der Waals surface area (Å²) in [5.41, 5.74) is 3.15. The Bertz CT molecular complexity index is 1220. The third-order valence-corrected chi connectivity index (χ3v) is 6.43. The van der Waals surface area contributed by atoms with Crippen LogP contribution >= 0.6 is 11.3 Å². The second-order valence-electron chi connectivity index (χ2n) is 6.25. The van der Waals surface area contributed by atoms with Crippen LogP contribution in [0.25, 0.3) is 21.3 Å². The maximum absolute atomic E-state index is 12.2. The summed E-state index contributed by atoms with van der Waals surface area (Å²) in [6, 6.07) is 16.2. The molecule has 0 amide bonds. The monoisotopic (exact) mass is 432 g/mol. The molecule has 2 aromatic heterocycles. The van der Waals surface area contributed by atoms with E-state index in [1.54, 1.807) is 11.3 Å². The lowest BCUT2D eigenvalue weighted by Gasteiger charge is -2.00. The van der Waals surface area contributed by atoms with Crippen LogP contribution in [0.2, 0.25) is 0 Å². The van der Waals surface area contributed by atoms with Gasteiger partial charge in [0.05, 0.1) is 28.9 Å². The van der Waals surface area contributed by atoms with Gasteiger partial charge in [0.2, 0.25) is 21.8 Å². The van der Waals surface area contributed by atoms with Gasteiger partial charge >= 0.3 is 0 Å². The molecular formula is C19H17FN4O3S2. The Kier molecular flexibility index (Phi) is 5.65. The number of aromatic nitrogens is 3. The van der Waals surface area contributed by atoms with Crippen molar-refractivity contribution in [2.45, 2.75) is 13.0 Å². The van der Waals surface area contributed by atoms with Crippen molar-refractivity contribution in [3.8, 4) is 11.1 Å². The van der Waals surface area contributed by atoms with E-state index < -0.39 is 22.5 Å². The molecule has 4 aromatic rings. The van der Waals surface area contributed by atoms with E-state index in [-0.39, 0.29) is 12.4 Å². The number of hydrogen-bond donors (Lipinski definition) is 1. The zero-order valence-electron chi connectivity index (χ0n) is 15.2. The normalized spacial score (nSPS) is 11.9. The van der Waals surface area contributed by atoms with Gasteiger partial charge in [0.15, 0.2) is 0 Å². The predicted octanol–water partition coefficient (Wildman–Crippen LogP) is 3.33. The molecule has 0 unspecified atom stereocenters. The zero-order chi connectivity index (χ0) is 20.3. The second-order valence-corrected chi connectivity index (χ2v) is 9.29. The fraction of sp³-hybridized carbons (Fsp3) is 0.211. The number of nitrogens with one attached hydrogen (secondary N) is 1. The molecule has 4 rings (SSSR count). The Labute approximate surface area is 170 Å². The molecule has 1 N–H and O–H groups in total. The quantitative estimate of drug-likeness (QED) is 0.459. The Morgan fingerprint density at radius 2 is 1.83 bits per heavy atom. The molecule has 0 bridgehead atoms. The van der Waals surface area contributed by atoms with Crippen molar-refractivity contribution in [2.75, 3.05) is 12.4 Å². The van der Waals surface area contributed by atoms with Crippen molar-refractivity contribution in [1.82, 2.24) is 19.9 Å². The van der Waals surface area contributed by atoms with Gasteiger partial charge in [-0.2, -0.15) is 0 Å². The molecular weight excluding hydrogens is 415 g/mol. The van der Waals surface area contributed by atoms with E-state index in [9.17, 15) is 12.8 Å². The van der Waals surface area contributed by atoms with Gasteiger partial charge in [0.25, 0.3) is 0 Å². The van der Waals surface area contributed by atoms with Gasteiger partial charge in [-0.25, -0.2) is 22.5 Å². The summed E-state index contributed by atoms with van der Waals surface area (Å²) in [7, 11) is -3.69. The first-order valence-electron chi connectivity index (χ1n) is 8.82. The molecule has 0 saturated carbocycles. The first kappa shape index (κ1) is 19.6. The third-order valence-electron chi connectivity index (χ3n) is 4.14. The van der Waals surface area contributed by atoms with Gasteiger partial charge in [-0.1, -0.05) is 36.4 Å². The van der Waals surface area contributed by atoms with Crippen LogP contribution in [0.15, 0.2) is 52.9 Å². The summed E-state index contributed by atoms with van der Waals surface area (Å²) < 4.78 is 43.9. The van der Waals surface area contributed by atoms with E-state index in [4.69, 9.17) is 4.42 Å². The van der Waals surface area contributed by atoms with Gasteiger partial charge in [0.1, 0.15) is 11.7 Å². The summed E-state index contributed by atoms with van der Waals surface area (Å²) in [5.74, 6) is -0.132. The molecule has 7 nitrogen and oxygen atoms in total. The fourth-order valence-corrected chi connectivity index (χ4v) is 4.45. The van der Waals surface area contributed by atoms with Crippen molar-refractivity contribution in [1.29, 1.82) is 0 Å². The molecule has 10 heteroatoms.